The standard InChI is InChI=1S/C16H20ClNO/c17-14-10-12-7-3-4-8-13(12)16(14)18-15(19)9-11-5-1-2-6-11/h3-4,7-8,11,14,16H,1-2,5-6,9-10H2,(H,18,19). The highest BCUT2D eigenvalue weighted by Crippen LogP contribution is 2.35. The molecule has 0 radical (unpaired) electrons. The lowest BCUT2D eigenvalue weighted by Gasteiger charge is -2.18. The number of carbonyl (C=O) groups is 1. The summed E-state index contributed by atoms with van der Waals surface area (Å²) in [6.07, 6.45) is 6.50. The van der Waals surface area contributed by atoms with Gasteiger partial charge in [-0.05, 0) is 36.3 Å². The van der Waals surface area contributed by atoms with Crippen LogP contribution in [0.2, 0.25) is 0 Å². The van der Waals surface area contributed by atoms with Gasteiger partial charge >= 0.3 is 0 Å². The molecule has 19 heavy (non-hydrogen) atoms. The maximum absolute atomic E-state index is 12.1. The average molecular weight is 278 g/mol. The summed E-state index contributed by atoms with van der Waals surface area (Å²) < 4.78 is 0. The highest BCUT2D eigenvalue weighted by atomic mass is 35.5. The molecule has 1 aromatic rings. The number of rotatable bonds is 3. The zero-order chi connectivity index (χ0) is 13.2. The number of amides is 1. The van der Waals surface area contributed by atoms with E-state index in [1.807, 2.05) is 12.1 Å². The molecule has 3 heteroatoms. The minimum Gasteiger partial charge on any atom is -0.348 e. The van der Waals surface area contributed by atoms with E-state index in [9.17, 15) is 4.79 Å². The van der Waals surface area contributed by atoms with Crippen molar-refractivity contribution in [1.82, 2.24) is 5.32 Å². The summed E-state index contributed by atoms with van der Waals surface area (Å²) >= 11 is 6.39. The molecule has 0 aliphatic heterocycles. The lowest BCUT2D eigenvalue weighted by molar-refractivity contribution is -0.122. The van der Waals surface area contributed by atoms with E-state index in [4.69, 9.17) is 11.6 Å². The van der Waals surface area contributed by atoms with Crippen LogP contribution < -0.4 is 5.32 Å². The van der Waals surface area contributed by atoms with Gasteiger partial charge in [-0.15, -0.1) is 11.6 Å². The minimum absolute atomic E-state index is 0.00762. The lowest BCUT2D eigenvalue weighted by atomic mass is 10.0. The Balaban J connectivity index is 1.64. The number of hydrogen-bond donors (Lipinski definition) is 1. The van der Waals surface area contributed by atoms with Crippen molar-refractivity contribution in [3.05, 3.63) is 35.4 Å². The topological polar surface area (TPSA) is 29.1 Å². The van der Waals surface area contributed by atoms with E-state index in [1.54, 1.807) is 0 Å². The summed E-state index contributed by atoms with van der Waals surface area (Å²) in [5.74, 6) is 0.754. The number of nitrogens with one attached hydrogen (secondary N) is 1. The van der Waals surface area contributed by atoms with Crippen molar-refractivity contribution in [1.29, 1.82) is 0 Å². The number of hydrogen-bond acceptors (Lipinski definition) is 1. The highest BCUT2D eigenvalue weighted by Gasteiger charge is 2.32. The van der Waals surface area contributed by atoms with Gasteiger partial charge in [0.1, 0.15) is 0 Å². The minimum atomic E-state index is -0.00933. The second kappa shape index (κ2) is 5.54. The van der Waals surface area contributed by atoms with E-state index in [0.29, 0.717) is 12.3 Å². The van der Waals surface area contributed by atoms with Gasteiger partial charge in [-0.3, -0.25) is 4.79 Å². The first-order valence-corrected chi connectivity index (χ1v) is 7.69. The van der Waals surface area contributed by atoms with Crippen molar-refractivity contribution in [2.24, 2.45) is 5.92 Å². The van der Waals surface area contributed by atoms with E-state index >= 15 is 0 Å². The lowest BCUT2D eigenvalue weighted by Crippen LogP contribution is -2.32. The van der Waals surface area contributed by atoms with Crippen LogP contribution in [0.3, 0.4) is 0 Å². The third-order valence-electron chi connectivity index (χ3n) is 4.43. The first kappa shape index (κ1) is 13.0. The number of carbonyl (C=O) groups excluding carboxylic acids is 1. The van der Waals surface area contributed by atoms with E-state index in [-0.39, 0.29) is 17.3 Å². The second-order valence-corrected chi connectivity index (χ2v) is 6.38. The second-order valence-electron chi connectivity index (χ2n) is 5.82. The van der Waals surface area contributed by atoms with Crippen LogP contribution in [0.4, 0.5) is 0 Å². The smallest absolute Gasteiger partial charge is 0.220 e. The SMILES string of the molecule is O=C(CC1CCCC1)NC1c2ccccc2CC1Cl. The molecule has 1 N–H and O–H groups in total. The predicted octanol–water partition coefficient (Wildman–Crippen LogP) is 3.59. The van der Waals surface area contributed by atoms with Gasteiger partial charge < -0.3 is 5.32 Å². The quantitative estimate of drug-likeness (QED) is 0.841. The van der Waals surface area contributed by atoms with Gasteiger partial charge in [0, 0.05) is 6.42 Å². The van der Waals surface area contributed by atoms with Crippen molar-refractivity contribution in [3.63, 3.8) is 0 Å². The Morgan fingerprint density at radius 3 is 2.79 bits per heavy atom. The summed E-state index contributed by atoms with van der Waals surface area (Å²) in [5.41, 5.74) is 2.47. The molecule has 2 atom stereocenters. The summed E-state index contributed by atoms with van der Waals surface area (Å²) in [4.78, 5) is 12.1. The van der Waals surface area contributed by atoms with E-state index in [1.165, 1.54) is 36.8 Å². The van der Waals surface area contributed by atoms with Gasteiger partial charge in [0.25, 0.3) is 0 Å². The molecule has 102 valence electrons. The van der Waals surface area contributed by atoms with Crippen LogP contribution in [0.15, 0.2) is 24.3 Å². The molecule has 1 amide bonds. The molecule has 0 bridgehead atoms. The Labute approximate surface area is 119 Å². The van der Waals surface area contributed by atoms with Gasteiger partial charge in [0.05, 0.1) is 11.4 Å². The molecular weight excluding hydrogens is 258 g/mol. The van der Waals surface area contributed by atoms with Gasteiger partial charge in [-0.25, -0.2) is 0 Å². The van der Waals surface area contributed by atoms with Crippen molar-refractivity contribution in [2.45, 2.75) is 49.9 Å². The third kappa shape index (κ3) is 2.79. The number of halogens is 1. The molecule has 0 spiro atoms. The molecular formula is C16H20ClNO. The van der Waals surface area contributed by atoms with Crippen LogP contribution in [-0.4, -0.2) is 11.3 Å². The van der Waals surface area contributed by atoms with Crippen LogP contribution in [0, 0.1) is 5.92 Å². The van der Waals surface area contributed by atoms with Crippen molar-refractivity contribution < 1.29 is 4.79 Å². The Morgan fingerprint density at radius 2 is 2.00 bits per heavy atom. The molecule has 0 saturated heterocycles. The molecule has 2 aliphatic carbocycles. The number of benzene rings is 1. The zero-order valence-electron chi connectivity index (χ0n) is 11.1. The van der Waals surface area contributed by atoms with E-state index < -0.39 is 0 Å². The fraction of sp³-hybridized carbons (Fsp3) is 0.562. The monoisotopic (exact) mass is 277 g/mol. The van der Waals surface area contributed by atoms with Crippen molar-refractivity contribution in [2.75, 3.05) is 0 Å². The summed E-state index contributed by atoms with van der Waals surface area (Å²) in [6, 6.07) is 8.23. The average Bonchev–Trinajstić information content (AvgIpc) is 2.99. The first-order valence-electron chi connectivity index (χ1n) is 7.25. The molecule has 1 aromatic carbocycles. The fourth-order valence-electron chi connectivity index (χ4n) is 3.42. The normalized spacial score (nSPS) is 26.4. The van der Waals surface area contributed by atoms with Crippen LogP contribution in [-0.2, 0) is 11.2 Å². The molecule has 2 unspecified atom stereocenters. The molecule has 1 saturated carbocycles. The Kier molecular flexibility index (Phi) is 3.79. The summed E-state index contributed by atoms with van der Waals surface area (Å²) in [7, 11) is 0. The molecule has 1 fully saturated rings. The Bertz CT molecular complexity index is 468. The molecule has 0 aromatic heterocycles. The van der Waals surface area contributed by atoms with Crippen LogP contribution in [0.5, 0.6) is 0 Å². The molecule has 2 nitrogen and oxygen atoms in total. The maximum Gasteiger partial charge on any atom is 0.220 e. The number of alkyl halides is 1. The van der Waals surface area contributed by atoms with E-state index in [0.717, 1.165) is 6.42 Å². The predicted molar refractivity (Wildman–Crippen MR) is 77.2 cm³/mol. The van der Waals surface area contributed by atoms with Gasteiger partial charge in [0.2, 0.25) is 5.91 Å². The van der Waals surface area contributed by atoms with Crippen LogP contribution in [0.1, 0.15) is 49.3 Å². The Hall–Kier alpha value is -1.02. The third-order valence-corrected chi connectivity index (χ3v) is 4.84. The number of fused-ring (bicyclic) bond motifs is 1. The zero-order valence-corrected chi connectivity index (χ0v) is 11.8. The van der Waals surface area contributed by atoms with Crippen LogP contribution in [0.25, 0.3) is 0 Å². The van der Waals surface area contributed by atoms with Crippen molar-refractivity contribution in [3.8, 4) is 0 Å². The summed E-state index contributed by atoms with van der Waals surface area (Å²) in [6.45, 7) is 0. The van der Waals surface area contributed by atoms with Gasteiger partial charge in [-0.2, -0.15) is 0 Å². The summed E-state index contributed by atoms with van der Waals surface area (Å²) in [5, 5.41) is 3.13. The molecule has 2 aliphatic rings. The van der Waals surface area contributed by atoms with Gasteiger partial charge in [0.15, 0.2) is 0 Å². The first-order chi connectivity index (χ1) is 9.24. The Morgan fingerprint density at radius 1 is 1.26 bits per heavy atom. The van der Waals surface area contributed by atoms with Crippen molar-refractivity contribution >= 4 is 17.5 Å². The fourth-order valence-corrected chi connectivity index (χ4v) is 3.79. The molecule has 3 rings (SSSR count). The van der Waals surface area contributed by atoms with Crippen LogP contribution >= 0.6 is 11.6 Å². The largest absolute Gasteiger partial charge is 0.348 e. The maximum atomic E-state index is 12.1. The van der Waals surface area contributed by atoms with Gasteiger partial charge in [-0.1, -0.05) is 37.1 Å². The highest BCUT2D eigenvalue weighted by molar-refractivity contribution is 6.21. The molecule has 0 heterocycles. The van der Waals surface area contributed by atoms with E-state index in [2.05, 4.69) is 17.4 Å².